The standard InChI is InChI=1S/C14H13N3O3/c1-20-13-5-3-2-4-12(13)14(18)17(19)16-10-11-6-8-15-9-7-11/h2-10,17H,1H3. The summed E-state index contributed by atoms with van der Waals surface area (Å²) in [6, 6.07) is 9.90. The van der Waals surface area contributed by atoms with Gasteiger partial charge in [-0.25, -0.2) is 4.79 Å². The molecule has 1 aromatic heterocycles. The maximum absolute atomic E-state index is 12.0. The second-order valence-electron chi connectivity index (χ2n) is 3.87. The molecule has 1 amide bonds. The van der Waals surface area contributed by atoms with E-state index in [0.29, 0.717) is 11.3 Å². The van der Waals surface area contributed by atoms with Crippen LogP contribution < -0.4 is 9.91 Å². The number of aromatic nitrogens is 1. The number of quaternary nitrogens is 1. The van der Waals surface area contributed by atoms with Crippen molar-refractivity contribution in [3.8, 4) is 5.75 Å². The Morgan fingerprint density at radius 2 is 2.00 bits per heavy atom. The number of methoxy groups -OCH3 is 1. The first-order valence-corrected chi connectivity index (χ1v) is 5.88. The maximum atomic E-state index is 12.0. The molecular weight excluding hydrogens is 258 g/mol. The predicted molar refractivity (Wildman–Crippen MR) is 73.5 cm³/mol. The van der Waals surface area contributed by atoms with Crippen LogP contribution >= 0.6 is 0 Å². The Bertz CT molecular complexity index is 614. The number of rotatable bonds is 4. The second kappa shape index (κ2) is 6.55. The molecule has 6 nitrogen and oxygen atoms in total. The van der Waals surface area contributed by atoms with Crippen molar-refractivity contribution in [3.63, 3.8) is 0 Å². The van der Waals surface area contributed by atoms with E-state index in [1.807, 2.05) is 0 Å². The molecule has 1 aromatic carbocycles. The van der Waals surface area contributed by atoms with E-state index >= 15 is 0 Å². The van der Waals surface area contributed by atoms with Gasteiger partial charge in [-0.2, -0.15) is 5.17 Å². The largest absolute Gasteiger partial charge is 0.599 e. The van der Waals surface area contributed by atoms with Gasteiger partial charge >= 0.3 is 5.91 Å². The molecule has 6 heteroatoms. The smallest absolute Gasteiger partial charge is 0.374 e. The van der Waals surface area contributed by atoms with Crippen LogP contribution in [0.25, 0.3) is 0 Å². The lowest BCUT2D eigenvalue weighted by Crippen LogP contribution is -3.05. The van der Waals surface area contributed by atoms with Crippen molar-refractivity contribution in [2.45, 2.75) is 0 Å². The Balaban J connectivity index is 2.15. The van der Waals surface area contributed by atoms with Crippen LogP contribution in [0.2, 0.25) is 0 Å². The van der Waals surface area contributed by atoms with E-state index in [-0.39, 0.29) is 5.56 Å². The van der Waals surface area contributed by atoms with E-state index in [4.69, 9.17) is 4.74 Å². The van der Waals surface area contributed by atoms with Crippen LogP contribution in [0.4, 0.5) is 0 Å². The van der Waals surface area contributed by atoms with Crippen molar-refractivity contribution in [2.75, 3.05) is 7.11 Å². The van der Waals surface area contributed by atoms with Crippen molar-refractivity contribution < 1.29 is 14.7 Å². The van der Waals surface area contributed by atoms with E-state index in [9.17, 15) is 10.0 Å². The number of hydrogen-bond donors (Lipinski definition) is 1. The molecule has 0 saturated heterocycles. The number of carbonyl (C=O) groups is 1. The molecule has 0 aliphatic carbocycles. The molecule has 0 saturated carbocycles. The van der Waals surface area contributed by atoms with Crippen molar-refractivity contribution in [1.29, 1.82) is 0 Å². The molecule has 0 aliphatic heterocycles. The molecule has 0 radical (unpaired) electrons. The summed E-state index contributed by atoms with van der Waals surface area (Å²) in [5.41, 5.74) is 0.896. The van der Waals surface area contributed by atoms with Crippen molar-refractivity contribution >= 4 is 12.1 Å². The normalized spacial score (nSPS) is 12.3. The molecule has 0 fully saturated rings. The number of nitrogens with one attached hydrogen (secondary N) is 1. The lowest BCUT2D eigenvalue weighted by molar-refractivity contribution is -0.764. The quantitative estimate of drug-likeness (QED) is 0.654. The van der Waals surface area contributed by atoms with Crippen molar-refractivity contribution in [2.24, 2.45) is 5.10 Å². The Kier molecular flexibility index (Phi) is 4.54. The number of nitrogens with zero attached hydrogens (tertiary/aromatic N) is 2. The molecule has 1 heterocycles. The minimum Gasteiger partial charge on any atom is -0.599 e. The van der Waals surface area contributed by atoms with Crippen molar-refractivity contribution in [3.05, 3.63) is 65.1 Å². The number of ether oxygens (including phenoxy) is 1. The van der Waals surface area contributed by atoms with Crippen LogP contribution in [0.5, 0.6) is 5.75 Å². The SMILES string of the molecule is COc1ccccc1C(=O)[NH+]([O-])N=Cc1ccncc1. The van der Waals surface area contributed by atoms with E-state index in [0.717, 1.165) is 0 Å². The Morgan fingerprint density at radius 1 is 1.30 bits per heavy atom. The number of pyridine rings is 1. The third-order valence-corrected chi connectivity index (χ3v) is 2.58. The number of benzene rings is 1. The highest BCUT2D eigenvalue weighted by molar-refractivity contribution is 5.91. The van der Waals surface area contributed by atoms with E-state index in [2.05, 4.69) is 10.1 Å². The minimum absolute atomic E-state index is 0.201. The molecule has 2 rings (SSSR count). The Labute approximate surface area is 115 Å². The first-order valence-electron chi connectivity index (χ1n) is 5.88. The summed E-state index contributed by atoms with van der Waals surface area (Å²) < 4.78 is 5.05. The van der Waals surface area contributed by atoms with Gasteiger partial charge in [0.1, 0.15) is 11.3 Å². The summed E-state index contributed by atoms with van der Waals surface area (Å²) in [6.07, 6.45) is 4.49. The maximum Gasteiger partial charge on any atom is 0.374 e. The average molecular weight is 271 g/mol. The van der Waals surface area contributed by atoms with Gasteiger partial charge in [-0.3, -0.25) is 4.98 Å². The highest BCUT2D eigenvalue weighted by Gasteiger charge is 2.18. The highest BCUT2D eigenvalue weighted by Crippen LogP contribution is 2.15. The van der Waals surface area contributed by atoms with Crippen LogP contribution in [-0.4, -0.2) is 24.2 Å². The number of hydroxylamine groups is 1. The Hall–Kier alpha value is -2.57. The molecule has 1 unspecified atom stereocenters. The van der Waals surface area contributed by atoms with Crippen LogP contribution in [-0.2, 0) is 0 Å². The molecular formula is C14H13N3O3. The van der Waals surface area contributed by atoms with Gasteiger partial charge in [0.25, 0.3) is 0 Å². The lowest BCUT2D eigenvalue weighted by atomic mass is 10.2. The fourth-order valence-corrected chi connectivity index (χ4v) is 1.59. The summed E-state index contributed by atoms with van der Waals surface area (Å²) >= 11 is 0. The topological polar surface area (TPSA) is 79.0 Å². The third kappa shape index (κ3) is 3.25. The monoisotopic (exact) mass is 271 g/mol. The lowest BCUT2D eigenvalue weighted by Gasteiger charge is -2.13. The van der Waals surface area contributed by atoms with Gasteiger partial charge in [0.15, 0.2) is 0 Å². The molecule has 20 heavy (non-hydrogen) atoms. The zero-order valence-electron chi connectivity index (χ0n) is 10.8. The third-order valence-electron chi connectivity index (χ3n) is 2.58. The predicted octanol–water partition coefficient (Wildman–Crippen LogP) is 0.647. The zero-order chi connectivity index (χ0) is 14.4. The minimum atomic E-state index is -0.841. The van der Waals surface area contributed by atoms with Crippen LogP contribution in [0.3, 0.4) is 0 Å². The first-order chi connectivity index (χ1) is 9.72. The molecule has 0 bridgehead atoms. The van der Waals surface area contributed by atoms with Gasteiger partial charge in [0.2, 0.25) is 0 Å². The van der Waals surface area contributed by atoms with Gasteiger partial charge in [0, 0.05) is 18.0 Å². The summed E-state index contributed by atoms with van der Waals surface area (Å²) in [6.45, 7) is 0. The number of carbonyl (C=O) groups excluding carboxylic acids is 1. The zero-order valence-corrected chi connectivity index (χ0v) is 10.8. The summed E-state index contributed by atoms with van der Waals surface area (Å²) in [4.78, 5) is 15.8. The number of amides is 1. The molecule has 0 aliphatic rings. The van der Waals surface area contributed by atoms with Gasteiger partial charge in [-0.15, -0.1) is 0 Å². The number of para-hydroxylation sites is 1. The molecule has 1 atom stereocenters. The van der Waals surface area contributed by atoms with E-state index in [1.165, 1.54) is 19.4 Å². The van der Waals surface area contributed by atoms with Crippen LogP contribution in [0.1, 0.15) is 15.9 Å². The summed E-state index contributed by atoms with van der Waals surface area (Å²) in [7, 11) is 1.44. The second-order valence-corrected chi connectivity index (χ2v) is 3.87. The Morgan fingerprint density at radius 3 is 2.70 bits per heavy atom. The first kappa shape index (κ1) is 13.9. The van der Waals surface area contributed by atoms with E-state index < -0.39 is 11.1 Å². The van der Waals surface area contributed by atoms with Gasteiger partial charge < -0.3 is 9.94 Å². The number of hydrogen-bond acceptors (Lipinski definition) is 5. The van der Waals surface area contributed by atoms with E-state index in [1.54, 1.807) is 42.7 Å². The van der Waals surface area contributed by atoms with Gasteiger partial charge in [0.05, 0.1) is 13.3 Å². The fraction of sp³-hybridized carbons (Fsp3) is 0.0714. The van der Waals surface area contributed by atoms with Crippen molar-refractivity contribution in [1.82, 2.24) is 4.98 Å². The average Bonchev–Trinajstić information content (AvgIpc) is 2.52. The van der Waals surface area contributed by atoms with Crippen LogP contribution in [0, 0.1) is 5.21 Å². The van der Waals surface area contributed by atoms with Crippen LogP contribution in [0.15, 0.2) is 53.9 Å². The molecule has 1 N–H and O–H groups in total. The molecule has 0 spiro atoms. The molecule has 102 valence electrons. The van der Waals surface area contributed by atoms with Gasteiger partial charge in [-0.1, -0.05) is 17.2 Å². The summed E-state index contributed by atoms with van der Waals surface area (Å²) in [5, 5.41) is 14.6. The molecule has 2 aromatic rings. The fourth-order valence-electron chi connectivity index (χ4n) is 1.59. The van der Waals surface area contributed by atoms with Gasteiger partial charge in [-0.05, 0) is 24.3 Å². The highest BCUT2D eigenvalue weighted by atomic mass is 16.5. The summed E-state index contributed by atoms with van der Waals surface area (Å²) in [5.74, 6) is -0.349.